The molecule has 1 aliphatic heterocycles. The van der Waals surface area contributed by atoms with Gasteiger partial charge in [-0.15, -0.1) is 0 Å². The van der Waals surface area contributed by atoms with Crippen LogP contribution in [-0.2, 0) is 22.6 Å². The summed E-state index contributed by atoms with van der Waals surface area (Å²) in [5.74, 6) is -1.81. The number of amides is 1. The van der Waals surface area contributed by atoms with Crippen LogP contribution in [0.25, 0.3) is 0 Å². The van der Waals surface area contributed by atoms with Crippen molar-refractivity contribution < 1.29 is 19.1 Å². The second-order valence-corrected chi connectivity index (χ2v) is 7.25. The zero-order valence-electron chi connectivity index (χ0n) is 12.7. The molecule has 1 aliphatic carbocycles. The molecule has 6 heteroatoms. The highest BCUT2D eigenvalue weighted by Gasteiger charge is 2.34. The first-order valence-corrected chi connectivity index (χ1v) is 8.74. The van der Waals surface area contributed by atoms with Crippen molar-refractivity contribution in [2.24, 2.45) is 11.8 Å². The van der Waals surface area contributed by atoms with E-state index in [4.69, 9.17) is 5.11 Å². The Hall–Kier alpha value is -1.43. The van der Waals surface area contributed by atoms with E-state index in [0.29, 0.717) is 31.4 Å². The lowest BCUT2D eigenvalue weighted by atomic mass is 9.80. The molecule has 1 saturated carbocycles. The minimum atomic E-state index is -0.818. The van der Waals surface area contributed by atoms with Gasteiger partial charge in [-0.1, -0.05) is 22.4 Å². The van der Waals surface area contributed by atoms with Gasteiger partial charge in [0.15, 0.2) is 0 Å². The molecule has 3 rings (SSSR count). The van der Waals surface area contributed by atoms with Crippen molar-refractivity contribution in [1.29, 1.82) is 0 Å². The fourth-order valence-electron chi connectivity index (χ4n) is 3.68. The first-order valence-electron chi connectivity index (χ1n) is 7.94. The van der Waals surface area contributed by atoms with E-state index in [9.17, 15) is 14.0 Å². The summed E-state index contributed by atoms with van der Waals surface area (Å²) in [4.78, 5) is 25.6. The molecule has 1 N–H and O–H groups in total. The molecule has 0 spiro atoms. The van der Waals surface area contributed by atoms with Crippen LogP contribution in [0.3, 0.4) is 0 Å². The molecule has 23 heavy (non-hydrogen) atoms. The third-order valence-electron chi connectivity index (χ3n) is 4.98. The highest BCUT2D eigenvalue weighted by atomic mass is 79.9. The first kappa shape index (κ1) is 16.4. The Bertz CT molecular complexity index is 649. The van der Waals surface area contributed by atoms with Crippen molar-refractivity contribution in [3.8, 4) is 0 Å². The second-order valence-electron chi connectivity index (χ2n) is 6.39. The number of aliphatic carboxylic acids is 1. The number of carboxylic acid groups (broad SMARTS) is 1. The van der Waals surface area contributed by atoms with Crippen LogP contribution in [0.1, 0.15) is 36.8 Å². The summed E-state index contributed by atoms with van der Waals surface area (Å²) in [6, 6.07) is 3.11. The lowest BCUT2D eigenvalue weighted by molar-refractivity contribution is -0.145. The molecule has 4 nitrogen and oxygen atoms in total. The number of nitrogens with zero attached hydrogens (tertiary/aromatic N) is 1. The normalized spacial score (nSPS) is 24.2. The predicted molar refractivity (Wildman–Crippen MR) is 86.3 cm³/mol. The quantitative estimate of drug-likeness (QED) is 0.851. The molecule has 124 valence electrons. The molecule has 1 aromatic rings. The Kier molecular flexibility index (Phi) is 4.71. The molecule has 1 amide bonds. The summed E-state index contributed by atoms with van der Waals surface area (Å²) in [6.45, 7) is 0.829. The second kappa shape index (κ2) is 6.59. The van der Waals surface area contributed by atoms with Gasteiger partial charge in [-0.25, -0.2) is 4.39 Å². The van der Waals surface area contributed by atoms with Gasteiger partial charge < -0.3 is 10.0 Å². The average molecular weight is 384 g/mol. The monoisotopic (exact) mass is 383 g/mol. The molecule has 0 bridgehead atoms. The number of hydrogen-bond donors (Lipinski definition) is 1. The van der Waals surface area contributed by atoms with E-state index in [0.717, 1.165) is 22.9 Å². The number of carbonyl (C=O) groups is 2. The van der Waals surface area contributed by atoms with Crippen LogP contribution in [-0.4, -0.2) is 28.4 Å². The highest BCUT2D eigenvalue weighted by molar-refractivity contribution is 9.10. The minimum Gasteiger partial charge on any atom is -0.481 e. The van der Waals surface area contributed by atoms with Crippen molar-refractivity contribution in [1.82, 2.24) is 4.90 Å². The third kappa shape index (κ3) is 3.27. The molecule has 2 unspecified atom stereocenters. The third-order valence-corrected chi connectivity index (χ3v) is 5.72. The summed E-state index contributed by atoms with van der Waals surface area (Å²) in [5, 5.41) is 9.17. The fraction of sp³-hybridized carbons (Fsp3) is 0.529. The zero-order valence-corrected chi connectivity index (χ0v) is 14.3. The van der Waals surface area contributed by atoms with Crippen molar-refractivity contribution in [2.45, 2.75) is 38.6 Å². The molecule has 0 radical (unpaired) electrons. The van der Waals surface area contributed by atoms with Crippen molar-refractivity contribution in [3.05, 3.63) is 33.5 Å². The molecule has 0 aromatic heterocycles. The summed E-state index contributed by atoms with van der Waals surface area (Å²) < 4.78 is 14.9. The number of rotatable bonds is 2. The largest absolute Gasteiger partial charge is 0.481 e. The van der Waals surface area contributed by atoms with Crippen LogP contribution < -0.4 is 0 Å². The fourth-order valence-corrected chi connectivity index (χ4v) is 4.25. The van der Waals surface area contributed by atoms with Gasteiger partial charge in [0.2, 0.25) is 5.91 Å². The summed E-state index contributed by atoms with van der Waals surface area (Å²) in [7, 11) is 0. The Morgan fingerprint density at radius 3 is 2.70 bits per heavy atom. The van der Waals surface area contributed by atoms with Gasteiger partial charge in [0.1, 0.15) is 5.82 Å². The topological polar surface area (TPSA) is 57.6 Å². The number of halogens is 2. The minimum absolute atomic E-state index is 0.0269. The Morgan fingerprint density at radius 2 is 1.96 bits per heavy atom. The smallest absolute Gasteiger partial charge is 0.306 e. The molecular formula is C17H19BrFNO3. The molecule has 2 atom stereocenters. The van der Waals surface area contributed by atoms with E-state index in [1.807, 2.05) is 0 Å². The van der Waals surface area contributed by atoms with Crippen molar-refractivity contribution >= 4 is 27.8 Å². The molecule has 1 fully saturated rings. The average Bonchev–Trinajstić information content (AvgIpc) is 2.57. The Morgan fingerprint density at radius 1 is 1.22 bits per heavy atom. The predicted octanol–water partition coefficient (Wildman–Crippen LogP) is 3.36. The van der Waals surface area contributed by atoms with Gasteiger partial charge in [0.05, 0.1) is 5.92 Å². The van der Waals surface area contributed by atoms with Crippen molar-refractivity contribution in [2.75, 3.05) is 6.54 Å². The van der Waals surface area contributed by atoms with Crippen LogP contribution in [0.2, 0.25) is 0 Å². The van der Waals surface area contributed by atoms with Crippen LogP contribution in [0, 0.1) is 17.7 Å². The van der Waals surface area contributed by atoms with E-state index < -0.39 is 11.9 Å². The Balaban J connectivity index is 1.74. The van der Waals surface area contributed by atoms with E-state index in [1.165, 1.54) is 6.07 Å². The van der Waals surface area contributed by atoms with Gasteiger partial charge in [-0.2, -0.15) is 0 Å². The first-order chi connectivity index (χ1) is 11.0. The van der Waals surface area contributed by atoms with E-state index in [1.54, 1.807) is 11.0 Å². The molecular weight excluding hydrogens is 365 g/mol. The lowest BCUT2D eigenvalue weighted by Crippen LogP contribution is -2.42. The zero-order chi connectivity index (χ0) is 16.6. The number of benzene rings is 1. The summed E-state index contributed by atoms with van der Waals surface area (Å²) in [6.07, 6.45) is 3.15. The van der Waals surface area contributed by atoms with Crippen molar-refractivity contribution in [3.63, 3.8) is 0 Å². The maximum absolute atomic E-state index is 14.1. The maximum atomic E-state index is 14.1. The molecule has 0 saturated heterocycles. The van der Waals surface area contributed by atoms with Gasteiger partial charge in [-0.3, -0.25) is 9.59 Å². The molecule has 1 heterocycles. The molecule has 2 aliphatic rings. The van der Waals surface area contributed by atoms with Gasteiger partial charge in [-0.05, 0) is 43.4 Å². The number of carboxylic acids is 1. The number of carbonyl (C=O) groups excluding carboxylic acids is 1. The SMILES string of the molecule is O=C(O)C1CCCC(C(=O)N2CCc3c(Br)ccc(F)c3C2)C1. The Labute approximate surface area is 142 Å². The number of fused-ring (bicyclic) bond motifs is 1. The standard InChI is InChI=1S/C17H19BrFNO3/c18-14-4-5-15(19)13-9-20(7-6-12(13)14)16(21)10-2-1-3-11(8-10)17(22)23/h4-5,10-11H,1-3,6-9H2,(H,22,23). The van der Waals surface area contributed by atoms with Gasteiger partial charge in [0, 0.05) is 29.0 Å². The van der Waals surface area contributed by atoms with Gasteiger partial charge >= 0.3 is 5.97 Å². The van der Waals surface area contributed by atoms with E-state index in [-0.39, 0.29) is 24.2 Å². The highest BCUT2D eigenvalue weighted by Crippen LogP contribution is 2.33. The summed E-state index contributed by atoms with van der Waals surface area (Å²) >= 11 is 3.44. The van der Waals surface area contributed by atoms with Crippen LogP contribution in [0.5, 0.6) is 0 Å². The van der Waals surface area contributed by atoms with Gasteiger partial charge in [0.25, 0.3) is 0 Å². The maximum Gasteiger partial charge on any atom is 0.306 e. The van der Waals surface area contributed by atoms with Crippen LogP contribution in [0.4, 0.5) is 4.39 Å². The lowest BCUT2D eigenvalue weighted by Gasteiger charge is -2.34. The summed E-state index contributed by atoms with van der Waals surface area (Å²) in [5.41, 5.74) is 1.51. The van der Waals surface area contributed by atoms with E-state index in [2.05, 4.69) is 15.9 Å². The number of hydrogen-bond acceptors (Lipinski definition) is 2. The van der Waals surface area contributed by atoms with Crippen LogP contribution in [0.15, 0.2) is 16.6 Å². The molecule has 1 aromatic carbocycles. The van der Waals surface area contributed by atoms with Crippen LogP contribution >= 0.6 is 15.9 Å². The van der Waals surface area contributed by atoms with E-state index >= 15 is 0 Å².